The molecule has 7 heteroatoms. The molecule has 0 spiro atoms. The van der Waals surface area contributed by atoms with Gasteiger partial charge in [-0.25, -0.2) is 8.78 Å². The smallest absolute Gasteiger partial charge is 0.256 e. The number of thioether (sulfide) groups is 1. The van der Waals surface area contributed by atoms with Crippen molar-refractivity contribution in [3.05, 3.63) is 35.9 Å². The Balaban J connectivity index is 2.22. The number of allylic oxidation sites excluding steroid dienone is 1. The highest BCUT2D eigenvalue weighted by Gasteiger charge is 2.31. The summed E-state index contributed by atoms with van der Waals surface area (Å²) in [7, 11) is 0. The second-order valence-electron chi connectivity index (χ2n) is 4.71. The van der Waals surface area contributed by atoms with Gasteiger partial charge in [0.25, 0.3) is 6.43 Å². The quantitative estimate of drug-likeness (QED) is 0.578. The zero-order valence-corrected chi connectivity index (χ0v) is 13.5. The van der Waals surface area contributed by atoms with Crippen molar-refractivity contribution in [1.29, 1.82) is 0 Å². The Kier molecular flexibility index (Phi) is 6.08. The molecule has 0 fully saturated rings. The summed E-state index contributed by atoms with van der Waals surface area (Å²) in [5.74, 6) is 0.741. The van der Waals surface area contributed by atoms with E-state index in [-0.39, 0.29) is 0 Å². The van der Waals surface area contributed by atoms with Crippen molar-refractivity contribution in [3.8, 4) is 5.75 Å². The molecule has 0 N–H and O–H groups in total. The molecular formula is C15H16ClF2NO2S. The summed E-state index contributed by atoms with van der Waals surface area (Å²) in [6.07, 6.45) is 1.37. The normalized spacial score (nSPS) is 18.6. The first-order valence-electron chi connectivity index (χ1n) is 6.69. The van der Waals surface area contributed by atoms with Gasteiger partial charge in [-0.1, -0.05) is 6.08 Å². The van der Waals surface area contributed by atoms with Crippen LogP contribution >= 0.6 is 23.4 Å². The first kappa shape index (κ1) is 17.1. The molecule has 0 saturated heterocycles. The number of benzene rings is 1. The molecule has 1 aromatic carbocycles. The Hall–Kier alpha value is -1.27. The molecule has 0 aliphatic carbocycles. The van der Waals surface area contributed by atoms with Gasteiger partial charge in [-0.05, 0) is 42.5 Å². The van der Waals surface area contributed by atoms with Gasteiger partial charge in [-0.3, -0.25) is 4.79 Å². The molecule has 1 atom stereocenters. The Bertz CT molecular complexity index is 551. The zero-order chi connectivity index (χ0) is 16.1. The van der Waals surface area contributed by atoms with Crippen molar-refractivity contribution in [2.45, 2.75) is 18.2 Å². The largest absolute Gasteiger partial charge is 0.483 e. The lowest BCUT2D eigenvalue weighted by Gasteiger charge is -2.31. The third-order valence-corrected chi connectivity index (χ3v) is 3.88. The number of nitrogens with zero attached hydrogens (tertiary/aromatic N) is 1. The van der Waals surface area contributed by atoms with Gasteiger partial charge < -0.3 is 9.64 Å². The molecule has 0 radical (unpaired) electrons. The standard InChI is InChI=1S/C15H16ClF2NO2S/c1-22-9-21-11-4-2-10(3-5-11)13-7-6-12(16)15(20)19(13)8-14(17)18/h2-5,7,12,14H,6,8-9H2,1H3. The van der Waals surface area contributed by atoms with E-state index < -0.39 is 24.3 Å². The molecule has 22 heavy (non-hydrogen) atoms. The number of ether oxygens (including phenoxy) is 1. The molecule has 1 heterocycles. The van der Waals surface area contributed by atoms with Crippen LogP contribution in [0.15, 0.2) is 30.3 Å². The minimum atomic E-state index is -2.61. The van der Waals surface area contributed by atoms with Crippen LogP contribution < -0.4 is 4.74 Å². The lowest BCUT2D eigenvalue weighted by molar-refractivity contribution is -0.129. The molecule has 3 nitrogen and oxygen atoms in total. The van der Waals surface area contributed by atoms with E-state index in [2.05, 4.69) is 0 Å². The monoisotopic (exact) mass is 347 g/mol. The van der Waals surface area contributed by atoms with Crippen LogP contribution in [0.25, 0.3) is 5.70 Å². The van der Waals surface area contributed by atoms with E-state index in [9.17, 15) is 13.6 Å². The van der Waals surface area contributed by atoms with Gasteiger partial charge in [0.05, 0.1) is 6.54 Å². The summed E-state index contributed by atoms with van der Waals surface area (Å²) in [4.78, 5) is 13.1. The number of halogens is 3. The highest BCUT2D eigenvalue weighted by molar-refractivity contribution is 7.98. The fraction of sp³-hybridized carbons (Fsp3) is 0.400. The van der Waals surface area contributed by atoms with Crippen molar-refractivity contribution in [2.24, 2.45) is 0 Å². The van der Waals surface area contributed by atoms with E-state index in [1.54, 1.807) is 42.1 Å². The van der Waals surface area contributed by atoms with Crippen LogP contribution in [0.5, 0.6) is 5.75 Å². The highest BCUT2D eigenvalue weighted by atomic mass is 35.5. The molecule has 1 amide bonds. The maximum absolute atomic E-state index is 12.7. The molecule has 0 aromatic heterocycles. The first-order valence-corrected chi connectivity index (χ1v) is 8.52. The maximum Gasteiger partial charge on any atom is 0.256 e. The maximum atomic E-state index is 12.7. The summed E-state index contributed by atoms with van der Waals surface area (Å²) < 4.78 is 30.9. The van der Waals surface area contributed by atoms with E-state index in [1.165, 1.54) is 0 Å². The van der Waals surface area contributed by atoms with Crippen molar-refractivity contribution in [3.63, 3.8) is 0 Å². The fourth-order valence-corrected chi connectivity index (χ4v) is 2.62. The molecule has 0 saturated carbocycles. The van der Waals surface area contributed by atoms with Gasteiger partial charge in [0, 0.05) is 5.70 Å². The molecule has 2 rings (SSSR count). The van der Waals surface area contributed by atoms with Crippen LogP contribution in [0.2, 0.25) is 0 Å². The Labute approximate surface area is 137 Å². The SMILES string of the molecule is CSCOc1ccc(C2=CCC(Cl)C(=O)N2CC(F)F)cc1. The Morgan fingerprint density at radius 1 is 1.41 bits per heavy atom. The van der Waals surface area contributed by atoms with Gasteiger partial charge >= 0.3 is 0 Å². The second kappa shape index (κ2) is 7.83. The summed E-state index contributed by atoms with van der Waals surface area (Å²) >= 11 is 7.43. The fourth-order valence-electron chi connectivity index (χ4n) is 2.16. The minimum absolute atomic E-state index is 0.334. The zero-order valence-electron chi connectivity index (χ0n) is 12.0. The predicted octanol–water partition coefficient (Wildman–Crippen LogP) is 3.83. The number of carbonyl (C=O) groups is 1. The number of hydrogen-bond acceptors (Lipinski definition) is 3. The second-order valence-corrected chi connectivity index (χ2v) is 6.05. The van der Waals surface area contributed by atoms with Gasteiger partial charge in [-0.15, -0.1) is 23.4 Å². The third kappa shape index (κ3) is 4.14. The third-order valence-electron chi connectivity index (χ3n) is 3.16. The van der Waals surface area contributed by atoms with Crippen LogP contribution in [0.1, 0.15) is 12.0 Å². The lowest BCUT2D eigenvalue weighted by atomic mass is 10.0. The number of alkyl halides is 3. The number of rotatable bonds is 6. The molecule has 120 valence electrons. The van der Waals surface area contributed by atoms with E-state index in [1.807, 2.05) is 6.26 Å². The van der Waals surface area contributed by atoms with Gasteiger partial charge in [-0.2, -0.15) is 0 Å². The number of carbonyl (C=O) groups excluding carboxylic acids is 1. The molecule has 0 bridgehead atoms. The number of hydrogen-bond donors (Lipinski definition) is 0. The van der Waals surface area contributed by atoms with E-state index in [0.29, 0.717) is 29.4 Å². The minimum Gasteiger partial charge on any atom is -0.483 e. The van der Waals surface area contributed by atoms with Gasteiger partial charge in [0.15, 0.2) is 0 Å². The van der Waals surface area contributed by atoms with Gasteiger partial charge in [0.2, 0.25) is 5.91 Å². The van der Waals surface area contributed by atoms with E-state index in [0.717, 1.165) is 4.90 Å². The van der Waals surface area contributed by atoms with Crippen LogP contribution in [-0.2, 0) is 4.79 Å². The van der Waals surface area contributed by atoms with Crippen LogP contribution in [-0.4, -0.2) is 41.3 Å². The topological polar surface area (TPSA) is 29.5 Å². The number of amides is 1. The van der Waals surface area contributed by atoms with E-state index in [4.69, 9.17) is 16.3 Å². The molecular weight excluding hydrogens is 332 g/mol. The van der Waals surface area contributed by atoms with E-state index >= 15 is 0 Å². The summed E-state index contributed by atoms with van der Waals surface area (Å²) in [5, 5.41) is -0.785. The van der Waals surface area contributed by atoms with Crippen LogP contribution in [0.4, 0.5) is 8.78 Å². The Morgan fingerprint density at radius 2 is 2.09 bits per heavy atom. The average Bonchev–Trinajstić information content (AvgIpc) is 2.50. The van der Waals surface area contributed by atoms with Crippen LogP contribution in [0.3, 0.4) is 0 Å². The summed E-state index contributed by atoms with van der Waals surface area (Å²) in [6.45, 7) is -0.654. The lowest BCUT2D eigenvalue weighted by Crippen LogP contribution is -2.41. The van der Waals surface area contributed by atoms with Crippen molar-refractivity contribution in [2.75, 3.05) is 18.7 Å². The van der Waals surface area contributed by atoms with Crippen molar-refractivity contribution >= 4 is 35.0 Å². The highest BCUT2D eigenvalue weighted by Crippen LogP contribution is 2.29. The first-order chi connectivity index (χ1) is 10.5. The summed E-state index contributed by atoms with van der Waals surface area (Å²) in [5.41, 5.74) is 1.16. The van der Waals surface area contributed by atoms with Crippen LogP contribution in [0, 0.1) is 0 Å². The molecule has 1 aromatic rings. The molecule has 1 aliphatic rings. The molecule has 1 unspecified atom stereocenters. The van der Waals surface area contributed by atoms with Crippen molar-refractivity contribution < 1.29 is 18.3 Å². The summed E-state index contributed by atoms with van der Waals surface area (Å²) in [6, 6.07) is 7.01. The Morgan fingerprint density at radius 3 is 2.68 bits per heavy atom. The average molecular weight is 348 g/mol. The predicted molar refractivity (Wildman–Crippen MR) is 85.4 cm³/mol. The molecule has 1 aliphatic heterocycles. The van der Waals surface area contributed by atoms with Gasteiger partial charge in [0.1, 0.15) is 17.1 Å². The van der Waals surface area contributed by atoms with Crippen molar-refractivity contribution in [1.82, 2.24) is 4.90 Å².